The quantitative estimate of drug-likeness (QED) is 0.299. The highest BCUT2D eigenvalue weighted by atomic mass is 16.4. The van der Waals surface area contributed by atoms with E-state index >= 15 is 0 Å². The van der Waals surface area contributed by atoms with Crippen LogP contribution in [0.25, 0.3) is 0 Å². The Morgan fingerprint density at radius 3 is 1.44 bits per heavy atom. The number of carbonyl (C=O) groups excluding carboxylic acids is 3. The van der Waals surface area contributed by atoms with E-state index < -0.39 is 11.9 Å². The second kappa shape index (κ2) is 13.2. The Morgan fingerprint density at radius 2 is 1.08 bits per heavy atom. The van der Waals surface area contributed by atoms with Crippen molar-refractivity contribution in [1.82, 2.24) is 14.7 Å². The van der Waals surface area contributed by atoms with Crippen molar-refractivity contribution < 1.29 is 34.2 Å². The summed E-state index contributed by atoms with van der Waals surface area (Å²) in [5.41, 5.74) is 0. The normalized spacial score (nSPS) is 11.0. The number of hydrogen-bond donors (Lipinski definition) is 2. The number of ketones is 1. The van der Waals surface area contributed by atoms with Crippen LogP contribution in [0.2, 0.25) is 0 Å². The first kappa shape index (κ1) is 22.8. The lowest BCUT2D eigenvalue weighted by Gasteiger charge is -2.27. The van der Waals surface area contributed by atoms with Gasteiger partial charge in [0, 0.05) is 26.2 Å². The molecule has 10 heteroatoms. The summed E-state index contributed by atoms with van der Waals surface area (Å²) in [4.78, 5) is 58.7. The molecule has 0 aromatic carbocycles. The summed E-state index contributed by atoms with van der Waals surface area (Å²) < 4.78 is 0. The van der Waals surface area contributed by atoms with Gasteiger partial charge in [-0.3, -0.25) is 29.1 Å². The molecule has 0 radical (unpaired) electrons. The maximum Gasteiger partial charge on any atom is 0.317 e. The number of hydrogen-bond acceptors (Lipinski definition) is 8. The lowest BCUT2D eigenvalue weighted by Crippen LogP contribution is -2.44. The van der Waals surface area contributed by atoms with Crippen molar-refractivity contribution in [1.29, 1.82) is 0 Å². The average Bonchev–Trinajstić information content (AvgIpc) is 2.48. The highest BCUT2D eigenvalue weighted by molar-refractivity contribution is 5.78. The van der Waals surface area contributed by atoms with Crippen LogP contribution in [0, 0.1) is 0 Å². The maximum atomic E-state index is 11.2. The van der Waals surface area contributed by atoms with Gasteiger partial charge in [0.25, 0.3) is 0 Å². The van der Waals surface area contributed by atoms with E-state index in [1.807, 2.05) is 0 Å². The van der Waals surface area contributed by atoms with Crippen LogP contribution in [-0.2, 0) is 24.0 Å². The van der Waals surface area contributed by atoms with Crippen LogP contribution in [-0.4, -0.2) is 114 Å². The van der Waals surface area contributed by atoms with Crippen LogP contribution in [0.1, 0.15) is 6.92 Å². The summed E-state index contributed by atoms with van der Waals surface area (Å²) >= 11 is 0. The van der Waals surface area contributed by atoms with Crippen molar-refractivity contribution in [3.05, 3.63) is 0 Å². The van der Waals surface area contributed by atoms with Gasteiger partial charge in [-0.2, -0.15) is 0 Å². The lowest BCUT2D eigenvalue weighted by atomic mass is 10.3. The zero-order chi connectivity index (χ0) is 19.2. The molecule has 0 bridgehead atoms. The number of Topliss-reactive ketones (excluding diaryl/α,β-unsaturated/α-hetero) is 1. The number of carboxylic acids is 2. The van der Waals surface area contributed by atoms with Gasteiger partial charge in [0.1, 0.15) is 18.4 Å². The molecule has 0 atom stereocenters. The van der Waals surface area contributed by atoms with Gasteiger partial charge < -0.3 is 19.8 Å². The van der Waals surface area contributed by atoms with Gasteiger partial charge in [0.15, 0.2) is 0 Å². The molecule has 2 N–H and O–H groups in total. The number of nitrogens with zero attached hydrogens (tertiary/aromatic N) is 3. The number of carboxylic acid groups (broad SMARTS) is 2. The first-order valence-corrected chi connectivity index (χ1v) is 7.75. The zero-order valence-electron chi connectivity index (χ0n) is 14.3. The molecule has 25 heavy (non-hydrogen) atoms. The Kier molecular flexibility index (Phi) is 12.0. The fourth-order valence-electron chi connectivity index (χ4n) is 2.21. The molecule has 0 fully saturated rings. The third-order valence-electron chi connectivity index (χ3n) is 3.29. The molecule has 0 aliphatic carbocycles. The maximum absolute atomic E-state index is 11.2. The van der Waals surface area contributed by atoms with Crippen molar-refractivity contribution in [3.63, 3.8) is 0 Å². The third kappa shape index (κ3) is 12.9. The molecule has 0 amide bonds. The molecule has 142 valence electrons. The predicted octanol–water partition coefficient (Wildman–Crippen LogP) is -1.95. The van der Waals surface area contributed by atoms with E-state index in [1.165, 1.54) is 11.8 Å². The van der Waals surface area contributed by atoms with Crippen LogP contribution >= 0.6 is 0 Å². The van der Waals surface area contributed by atoms with Crippen molar-refractivity contribution in [2.75, 3.05) is 58.9 Å². The topological polar surface area (TPSA) is 136 Å². The summed E-state index contributed by atoms with van der Waals surface area (Å²) in [6.45, 7) is 1.96. The van der Waals surface area contributed by atoms with Crippen LogP contribution in [0.15, 0.2) is 0 Å². The third-order valence-corrected chi connectivity index (χ3v) is 3.29. The Hall–Kier alpha value is -2.17. The summed E-state index contributed by atoms with van der Waals surface area (Å²) in [6, 6.07) is 0. The number of carbonyl (C=O) groups is 5. The standard InChI is InChI=1S/C15H25N3O7/c1-13(21)10-17(6-8-19)4-2-16(11-14(22)23)3-5-18(7-9-20)12-15(24)25/h8-9H,2-7,10-12H2,1H3,(H,22,23)(H,24,25). The van der Waals surface area contributed by atoms with Crippen molar-refractivity contribution in [2.24, 2.45) is 0 Å². The second-order valence-corrected chi connectivity index (χ2v) is 5.57. The summed E-state index contributed by atoms with van der Waals surface area (Å²) in [5, 5.41) is 17.8. The van der Waals surface area contributed by atoms with Crippen LogP contribution < -0.4 is 0 Å². The van der Waals surface area contributed by atoms with Gasteiger partial charge in [0.05, 0.1) is 32.7 Å². The van der Waals surface area contributed by atoms with E-state index in [0.29, 0.717) is 19.1 Å². The molecule has 0 aliphatic rings. The highest BCUT2D eigenvalue weighted by Gasteiger charge is 2.16. The molecule has 0 aromatic heterocycles. The van der Waals surface area contributed by atoms with Crippen LogP contribution in [0.5, 0.6) is 0 Å². The molecular formula is C15H25N3O7. The first-order valence-electron chi connectivity index (χ1n) is 7.75. The molecule has 0 saturated carbocycles. The monoisotopic (exact) mass is 359 g/mol. The largest absolute Gasteiger partial charge is 0.480 e. The molecule has 0 unspecified atom stereocenters. The van der Waals surface area contributed by atoms with Gasteiger partial charge in [0.2, 0.25) is 0 Å². The summed E-state index contributed by atoms with van der Waals surface area (Å²) in [5.74, 6) is -2.23. The Bertz CT molecular complexity index is 436. The van der Waals surface area contributed by atoms with Crippen molar-refractivity contribution >= 4 is 30.3 Å². The second-order valence-electron chi connectivity index (χ2n) is 5.57. The van der Waals surface area contributed by atoms with Crippen molar-refractivity contribution in [3.8, 4) is 0 Å². The summed E-state index contributed by atoms with van der Waals surface area (Å²) in [7, 11) is 0. The number of aldehydes is 2. The van der Waals surface area contributed by atoms with E-state index in [4.69, 9.17) is 10.2 Å². The number of rotatable bonds is 16. The minimum atomic E-state index is -1.08. The Labute approximate surface area is 146 Å². The fourth-order valence-corrected chi connectivity index (χ4v) is 2.21. The van der Waals surface area contributed by atoms with Gasteiger partial charge in [-0.1, -0.05) is 0 Å². The van der Waals surface area contributed by atoms with Crippen molar-refractivity contribution in [2.45, 2.75) is 6.92 Å². The first-order chi connectivity index (χ1) is 11.8. The zero-order valence-corrected chi connectivity index (χ0v) is 14.3. The highest BCUT2D eigenvalue weighted by Crippen LogP contribution is 1.96. The number of aliphatic carboxylic acids is 2. The molecule has 0 saturated heterocycles. The molecule has 0 aliphatic heterocycles. The molecule has 0 heterocycles. The molecule has 10 nitrogen and oxygen atoms in total. The van der Waals surface area contributed by atoms with E-state index in [9.17, 15) is 24.0 Å². The van der Waals surface area contributed by atoms with E-state index in [2.05, 4.69) is 0 Å². The smallest absolute Gasteiger partial charge is 0.317 e. The van der Waals surface area contributed by atoms with Crippen LogP contribution in [0.4, 0.5) is 0 Å². The minimum absolute atomic E-state index is 0.0607. The predicted molar refractivity (Wildman–Crippen MR) is 87.4 cm³/mol. The molecule has 0 aromatic rings. The van der Waals surface area contributed by atoms with Gasteiger partial charge in [-0.05, 0) is 6.92 Å². The van der Waals surface area contributed by atoms with E-state index in [-0.39, 0.29) is 58.1 Å². The molecule has 0 rings (SSSR count). The molecule has 0 spiro atoms. The summed E-state index contributed by atoms with van der Waals surface area (Å²) in [6.07, 6.45) is 1.26. The Morgan fingerprint density at radius 1 is 0.720 bits per heavy atom. The van der Waals surface area contributed by atoms with E-state index in [1.54, 1.807) is 9.80 Å². The lowest BCUT2D eigenvalue weighted by molar-refractivity contribution is -0.140. The van der Waals surface area contributed by atoms with E-state index in [0.717, 1.165) is 0 Å². The van der Waals surface area contributed by atoms with Gasteiger partial charge in [-0.25, -0.2) is 0 Å². The minimum Gasteiger partial charge on any atom is -0.480 e. The molecular weight excluding hydrogens is 334 g/mol. The Balaban J connectivity index is 4.67. The SMILES string of the molecule is CC(=O)CN(CC=O)CCN(CCN(CC=O)CC(=O)O)CC(=O)O. The van der Waals surface area contributed by atoms with Gasteiger partial charge in [-0.15, -0.1) is 0 Å². The van der Waals surface area contributed by atoms with Crippen LogP contribution in [0.3, 0.4) is 0 Å². The fraction of sp³-hybridized carbons (Fsp3) is 0.667. The average molecular weight is 359 g/mol. The van der Waals surface area contributed by atoms with Gasteiger partial charge >= 0.3 is 11.9 Å².